The summed E-state index contributed by atoms with van der Waals surface area (Å²) in [4.78, 5) is 13.8. The Balaban J connectivity index is 1.54. The van der Waals surface area contributed by atoms with Crippen molar-refractivity contribution in [2.24, 2.45) is 11.8 Å². The lowest BCUT2D eigenvalue weighted by molar-refractivity contribution is 0.0911. The molecule has 3 aromatic carbocycles. The molecule has 2 fully saturated rings. The minimum absolute atomic E-state index is 0.315. The highest BCUT2D eigenvalue weighted by Gasteiger charge is 2.79. The SMILES string of the molecule is O=C(c1ccccc1)C12c3ccccc3[C@H]3C[C@@H]1C2[C@H]3c1ccc(Br)cc1. The summed E-state index contributed by atoms with van der Waals surface area (Å²) < 4.78 is 1.11. The number of hydrogen-bond donors (Lipinski definition) is 0. The molecule has 0 aliphatic heterocycles. The number of ketones is 1. The maximum atomic E-state index is 13.8. The van der Waals surface area contributed by atoms with Gasteiger partial charge in [-0.15, -0.1) is 0 Å². The van der Waals surface area contributed by atoms with E-state index < -0.39 is 0 Å². The molecule has 132 valence electrons. The summed E-state index contributed by atoms with van der Waals surface area (Å²) in [7, 11) is 0. The van der Waals surface area contributed by atoms with Crippen molar-refractivity contribution >= 4 is 21.7 Å². The molecule has 0 amide bonds. The van der Waals surface area contributed by atoms with Crippen molar-refractivity contribution in [2.75, 3.05) is 0 Å². The lowest BCUT2D eigenvalue weighted by Crippen LogP contribution is -2.36. The van der Waals surface area contributed by atoms with E-state index in [1.807, 2.05) is 30.3 Å². The van der Waals surface area contributed by atoms with Gasteiger partial charge in [0.25, 0.3) is 0 Å². The fourth-order valence-electron chi connectivity index (χ4n) is 6.32. The molecule has 0 heterocycles. The molecule has 1 nitrogen and oxygen atoms in total. The van der Waals surface area contributed by atoms with E-state index in [1.54, 1.807) is 0 Å². The largest absolute Gasteiger partial charge is 0.293 e. The van der Waals surface area contributed by atoms with Gasteiger partial charge in [-0.05, 0) is 58.9 Å². The third-order valence-corrected chi connectivity index (χ3v) is 7.76. The molecular weight excluding hydrogens is 396 g/mol. The third-order valence-electron chi connectivity index (χ3n) is 7.24. The number of benzene rings is 3. The zero-order valence-corrected chi connectivity index (χ0v) is 16.4. The Kier molecular flexibility index (Phi) is 3.18. The van der Waals surface area contributed by atoms with Gasteiger partial charge in [0.2, 0.25) is 0 Å². The van der Waals surface area contributed by atoms with Crippen LogP contribution >= 0.6 is 15.9 Å². The van der Waals surface area contributed by atoms with Crippen molar-refractivity contribution in [1.29, 1.82) is 0 Å². The van der Waals surface area contributed by atoms with Crippen LogP contribution < -0.4 is 0 Å². The summed E-state index contributed by atoms with van der Waals surface area (Å²) in [5.74, 6) is 2.24. The number of halogens is 1. The number of Topliss-reactive ketones (excluding diaryl/α,β-unsaturated/α-hetero) is 1. The zero-order valence-electron chi connectivity index (χ0n) is 14.8. The van der Waals surface area contributed by atoms with Crippen molar-refractivity contribution in [3.8, 4) is 0 Å². The molecule has 2 heteroatoms. The van der Waals surface area contributed by atoms with Crippen LogP contribution in [0.5, 0.6) is 0 Å². The molecule has 3 aliphatic carbocycles. The van der Waals surface area contributed by atoms with E-state index in [-0.39, 0.29) is 5.41 Å². The lowest BCUT2D eigenvalue weighted by atomic mass is 9.63. The highest BCUT2D eigenvalue weighted by molar-refractivity contribution is 9.10. The second-order valence-electron chi connectivity index (χ2n) is 8.20. The molecule has 3 aromatic rings. The Morgan fingerprint density at radius 1 is 0.889 bits per heavy atom. The molecule has 0 N–H and O–H groups in total. The molecular formula is C25H19BrO. The Bertz CT molecular complexity index is 1060. The average molecular weight is 415 g/mol. The number of carbonyl (C=O) groups is 1. The smallest absolute Gasteiger partial charge is 0.173 e. The van der Waals surface area contributed by atoms with Crippen LogP contribution in [0.2, 0.25) is 0 Å². The quantitative estimate of drug-likeness (QED) is 0.473. The summed E-state index contributed by atoms with van der Waals surface area (Å²) in [6.07, 6.45) is 1.14. The summed E-state index contributed by atoms with van der Waals surface area (Å²) in [5, 5.41) is 0. The van der Waals surface area contributed by atoms with Crippen molar-refractivity contribution in [2.45, 2.75) is 23.7 Å². The summed E-state index contributed by atoms with van der Waals surface area (Å²) in [6.45, 7) is 0. The monoisotopic (exact) mass is 414 g/mol. The van der Waals surface area contributed by atoms with Gasteiger partial charge < -0.3 is 0 Å². The third kappa shape index (κ3) is 1.92. The van der Waals surface area contributed by atoms with Gasteiger partial charge in [0.05, 0.1) is 5.41 Å². The van der Waals surface area contributed by atoms with Crippen LogP contribution in [-0.2, 0) is 5.41 Å². The molecule has 5 atom stereocenters. The first-order valence-electron chi connectivity index (χ1n) is 9.67. The maximum absolute atomic E-state index is 13.8. The minimum Gasteiger partial charge on any atom is -0.293 e. The van der Waals surface area contributed by atoms with Crippen LogP contribution in [0.4, 0.5) is 0 Å². The van der Waals surface area contributed by atoms with Crippen molar-refractivity contribution in [3.05, 3.63) is 106 Å². The maximum Gasteiger partial charge on any atom is 0.173 e. The molecule has 27 heavy (non-hydrogen) atoms. The normalized spacial score (nSPS) is 32.0. The summed E-state index contributed by atoms with van der Waals surface area (Å²) >= 11 is 3.56. The Morgan fingerprint density at radius 2 is 1.59 bits per heavy atom. The van der Waals surface area contributed by atoms with Gasteiger partial charge in [-0.3, -0.25) is 4.79 Å². The van der Waals surface area contributed by atoms with Gasteiger partial charge in [-0.25, -0.2) is 0 Å². The van der Waals surface area contributed by atoms with E-state index in [1.165, 1.54) is 16.7 Å². The molecule has 0 radical (unpaired) electrons. The Hall–Kier alpha value is -2.19. The first-order valence-corrected chi connectivity index (χ1v) is 10.5. The fourth-order valence-corrected chi connectivity index (χ4v) is 6.58. The number of rotatable bonds is 3. The molecule has 2 unspecified atom stereocenters. The van der Waals surface area contributed by atoms with Crippen LogP contribution in [-0.4, -0.2) is 5.78 Å². The predicted octanol–water partition coefficient (Wildman–Crippen LogP) is 6.10. The van der Waals surface area contributed by atoms with E-state index in [9.17, 15) is 4.79 Å². The second kappa shape index (κ2) is 5.42. The van der Waals surface area contributed by atoms with Gasteiger partial charge in [0, 0.05) is 10.0 Å². The topological polar surface area (TPSA) is 17.1 Å². The van der Waals surface area contributed by atoms with Crippen LogP contribution in [0.3, 0.4) is 0 Å². The number of fused-ring (bicyclic) bond motifs is 5. The Morgan fingerprint density at radius 3 is 2.37 bits per heavy atom. The number of carbonyl (C=O) groups excluding carboxylic acids is 1. The zero-order chi connectivity index (χ0) is 18.2. The fraction of sp³-hybridized carbons (Fsp3) is 0.240. The molecule has 0 aromatic heterocycles. The van der Waals surface area contributed by atoms with E-state index in [0.29, 0.717) is 29.5 Å². The van der Waals surface area contributed by atoms with Gasteiger partial charge >= 0.3 is 0 Å². The van der Waals surface area contributed by atoms with Crippen LogP contribution in [0.25, 0.3) is 0 Å². The molecule has 2 saturated carbocycles. The molecule has 0 saturated heterocycles. The standard InChI is InChI=1S/C25H19BrO/c26-17-12-10-15(11-13-17)22-19-14-21-23(22)25(21,20-9-5-4-8-18(19)20)24(27)16-6-2-1-3-7-16/h1-13,19,21-23H,14H2/t19-,21-,22+,23?,25?/m1/s1. The molecule has 6 rings (SSSR count). The summed E-state index contributed by atoms with van der Waals surface area (Å²) in [5.41, 5.74) is 4.63. The van der Waals surface area contributed by atoms with Gasteiger partial charge in [0.1, 0.15) is 0 Å². The van der Waals surface area contributed by atoms with Crippen LogP contribution in [0, 0.1) is 11.8 Å². The first kappa shape index (κ1) is 15.8. The van der Waals surface area contributed by atoms with Crippen molar-refractivity contribution in [3.63, 3.8) is 0 Å². The lowest BCUT2D eigenvalue weighted by Gasteiger charge is -2.39. The first-order chi connectivity index (χ1) is 13.2. The average Bonchev–Trinajstić information content (AvgIpc) is 3.26. The molecule has 2 bridgehead atoms. The van der Waals surface area contributed by atoms with Gasteiger partial charge in [-0.1, -0.05) is 82.7 Å². The second-order valence-corrected chi connectivity index (χ2v) is 9.12. The number of hydrogen-bond acceptors (Lipinski definition) is 1. The highest BCUT2D eigenvalue weighted by Crippen LogP contribution is 2.80. The van der Waals surface area contributed by atoms with Crippen molar-refractivity contribution < 1.29 is 4.79 Å². The minimum atomic E-state index is -0.315. The molecule has 0 spiro atoms. The van der Waals surface area contributed by atoms with E-state index in [0.717, 1.165) is 16.5 Å². The van der Waals surface area contributed by atoms with Crippen LogP contribution in [0.1, 0.15) is 45.3 Å². The van der Waals surface area contributed by atoms with Gasteiger partial charge in [0.15, 0.2) is 5.78 Å². The van der Waals surface area contributed by atoms with Crippen LogP contribution in [0.15, 0.2) is 83.3 Å². The van der Waals surface area contributed by atoms with E-state index in [2.05, 4.69) is 64.5 Å². The Labute approximate surface area is 167 Å². The van der Waals surface area contributed by atoms with Crippen molar-refractivity contribution in [1.82, 2.24) is 0 Å². The van der Waals surface area contributed by atoms with E-state index >= 15 is 0 Å². The summed E-state index contributed by atoms with van der Waals surface area (Å²) in [6, 6.07) is 27.4. The predicted molar refractivity (Wildman–Crippen MR) is 110 cm³/mol. The van der Waals surface area contributed by atoms with Gasteiger partial charge in [-0.2, -0.15) is 0 Å². The highest BCUT2D eigenvalue weighted by atomic mass is 79.9. The van der Waals surface area contributed by atoms with E-state index in [4.69, 9.17) is 0 Å². The molecule has 3 aliphatic rings.